The third kappa shape index (κ3) is 4.42. The zero-order valence-electron chi connectivity index (χ0n) is 19.1. The first-order valence-corrected chi connectivity index (χ1v) is 11.5. The fourth-order valence-corrected chi connectivity index (χ4v) is 5.46. The first-order valence-electron chi connectivity index (χ1n) is 10.7. The molecule has 0 aliphatic carbocycles. The number of amides is 1. The molecule has 1 heterocycles. The van der Waals surface area contributed by atoms with Gasteiger partial charge in [-0.05, 0) is 73.4 Å². The molecule has 0 aromatic heterocycles. The Morgan fingerprint density at radius 3 is 2.56 bits per heavy atom. The summed E-state index contributed by atoms with van der Waals surface area (Å²) < 4.78 is 18.7. The van der Waals surface area contributed by atoms with E-state index in [2.05, 4.69) is 6.07 Å². The van der Waals surface area contributed by atoms with Gasteiger partial charge in [0.2, 0.25) is 5.91 Å². The molecule has 4 rings (SSSR count). The van der Waals surface area contributed by atoms with Gasteiger partial charge in [0.05, 0.1) is 41.4 Å². The van der Waals surface area contributed by atoms with Gasteiger partial charge in [0, 0.05) is 0 Å². The van der Waals surface area contributed by atoms with E-state index in [1.165, 1.54) is 24.9 Å². The molecule has 172 valence electrons. The Kier molecular flexibility index (Phi) is 6.45. The van der Waals surface area contributed by atoms with Crippen LogP contribution in [0, 0.1) is 24.1 Å². The number of rotatable bonds is 5. The summed E-state index contributed by atoms with van der Waals surface area (Å²) in [5, 5.41) is 9.16. The van der Waals surface area contributed by atoms with E-state index in [0.717, 1.165) is 16.7 Å². The van der Waals surface area contributed by atoms with E-state index < -0.39 is 10.7 Å². The molecule has 0 bridgehead atoms. The maximum Gasteiger partial charge on any atom is 0.337 e. The molecule has 0 spiro atoms. The summed E-state index contributed by atoms with van der Waals surface area (Å²) in [6.07, 6.45) is 0.356. The number of carbonyl (C=O) groups is 2. The van der Waals surface area contributed by atoms with Crippen LogP contribution >= 0.6 is 11.8 Å². The van der Waals surface area contributed by atoms with E-state index in [9.17, 15) is 14.0 Å². The summed E-state index contributed by atoms with van der Waals surface area (Å²) in [5.41, 5.74) is 4.15. The standard InChI is InChI=1S/C27H23FN2O3S/c1-17-13-19(15-29)9-12-21(17)16-30-23-6-4-5-22(28)24(23)34-27(2,26(30)32)14-18-7-10-20(11-8-18)25(31)33-3/h4-13H,14,16H2,1-3H3. The van der Waals surface area contributed by atoms with Crippen molar-refractivity contribution in [3.63, 3.8) is 0 Å². The Hall–Kier alpha value is -3.63. The number of hydrogen-bond donors (Lipinski definition) is 0. The quantitative estimate of drug-likeness (QED) is 0.461. The van der Waals surface area contributed by atoms with Crippen molar-refractivity contribution in [1.29, 1.82) is 5.26 Å². The number of thioether (sulfide) groups is 1. The highest BCUT2D eigenvalue weighted by atomic mass is 32.2. The van der Waals surface area contributed by atoms with E-state index in [0.29, 0.717) is 28.1 Å². The van der Waals surface area contributed by atoms with Gasteiger partial charge < -0.3 is 9.64 Å². The van der Waals surface area contributed by atoms with E-state index in [1.54, 1.807) is 53.4 Å². The summed E-state index contributed by atoms with van der Waals surface area (Å²) in [5.74, 6) is -0.930. The van der Waals surface area contributed by atoms with Crippen molar-refractivity contribution in [2.75, 3.05) is 12.0 Å². The van der Waals surface area contributed by atoms with Gasteiger partial charge >= 0.3 is 5.97 Å². The number of aryl methyl sites for hydroxylation is 1. The fraction of sp³-hybridized carbons (Fsp3) is 0.222. The van der Waals surface area contributed by atoms with Crippen LogP contribution in [0.3, 0.4) is 0 Å². The molecule has 5 nitrogen and oxygen atoms in total. The molecule has 0 fully saturated rings. The number of fused-ring (bicyclic) bond motifs is 1. The van der Waals surface area contributed by atoms with Crippen molar-refractivity contribution in [3.05, 3.63) is 94.3 Å². The lowest BCUT2D eigenvalue weighted by atomic mass is 9.96. The number of anilines is 1. The average Bonchev–Trinajstić information content (AvgIpc) is 2.83. The zero-order valence-corrected chi connectivity index (χ0v) is 19.9. The van der Waals surface area contributed by atoms with Crippen molar-refractivity contribution in [2.24, 2.45) is 0 Å². The molecule has 0 saturated carbocycles. The van der Waals surface area contributed by atoms with Crippen LogP contribution in [0.5, 0.6) is 0 Å². The van der Waals surface area contributed by atoms with E-state index in [4.69, 9.17) is 10.00 Å². The van der Waals surface area contributed by atoms with Gasteiger partial charge in [0.25, 0.3) is 0 Å². The highest BCUT2D eigenvalue weighted by molar-refractivity contribution is 8.01. The number of halogens is 1. The van der Waals surface area contributed by atoms with Crippen LogP contribution in [0.2, 0.25) is 0 Å². The third-order valence-electron chi connectivity index (χ3n) is 5.98. The molecule has 0 N–H and O–H groups in total. The van der Waals surface area contributed by atoms with Crippen LogP contribution in [-0.2, 0) is 22.5 Å². The molecule has 1 amide bonds. The van der Waals surface area contributed by atoms with Crippen molar-refractivity contribution >= 4 is 29.3 Å². The fourth-order valence-electron chi connectivity index (χ4n) is 4.12. The zero-order chi connectivity index (χ0) is 24.5. The Balaban J connectivity index is 1.70. The number of methoxy groups -OCH3 is 1. The molecule has 3 aromatic rings. The van der Waals surface area contributed by atoms with Crippen molar-refractivity contribution in [2.45, 2.75) is 36.5 Å². The molecule has 7 heteroatoms. The van der Waals surface area contributed by atoms with Gasteiger partial charge in [-0.15, -0.1) is 11.8 Å². The van der Waals surface area contributed by atoms with Crippen molar-refractivity contribution < 1.29 is 18.7 Å². The smallest absolute Gasteiger partial charge is 0.337 e. The van der Waals surface area contributed by atoms with Crippen molar-refractivity contribution in [3.8, 4) is 6.07 Å². The molecule has 0 saturated heterocycles. The molecule has 3 aromatic carbocycles. The molecule has 0 radical (unpaired) electrons. The number of esters is 1. The second-order valence-corrected chi connectivity index (χ2v) is 9.94. The van der Waals surface area contributed by atoms with Crippen LogP contribution in [0.4, 0.5) is 10.1 Å². The van der Waals surface area contributed by atoms with Crippen LogP contribution in [0.1, 0.15) is 39.5 Å². The lowest BCUT2D eigenvalue weighted by Crippen LogP contribution is -2.49. The largest absolute Gasteiger partial charge is 0.465 e. The lowest BCUT2D eigenvalue weighted by molar-refractivity contribution is -0.120. The first kappa shape index (κ1) is 23.5. The highest BCUT2D eigenvalue weighted by Crippen LogP contribution is 2.48. The monoisotopic (exact) mass is 474 g/mol. The van der Waals surface area contributed by atoms with E-state index in [-0.39, 0.29) is 18.3 Å². The molecular formula is C27H23FN2O3S. The minimum atomic E-state index is -0.956. The number of nitriles is 1. The summed E-state index contributed by atoms with van der Waals surface area (Å²) in [7, 11) is 1.32. The second-order valence-electron chi connectivity index (χ2n) is 8.43. The molecule has 1 atom stereocenters. The minimum Gasteiger partial charge on any atom is -0.465 e. The molecule has 1 unspecified atom stereocenters. The van der Waals surface area contributed by atoms with Crippen molar-refractivity contribution in [1.82, 2.24) is 0 Å². The Bertz CT molecular complexity index is 1320. The van der Waals surface area contributed by atoms with Crippen LogP contribution in [0.25, 0.3) is 0 Å². The topological polar surface area (TPSA) is 70.4 Å². The Morgan fingerprint density at radius 2 is 1.91 bits per heavy atom. The normalized spacial score (nSPS) is 17.1. The predicted molar refractivity (Wildman–Crippen MR) is 129 cm³/mol. The van der Waals surface area contributed by atoms with Crippen LogP contribution in [-0.4, -0.2) is 23.7 Å². The summed E-state index contributed by atoms with van der Waals surface area (Å²) in [6, 6.07) is 19.1. The number of hydrogen-bond acceptors (Lipinski definition) is 5. The van der Waals surface area contributed by atoms with Crippen LogP contribution in [0.15, 0.2) is 65.6 Å². The molecule has 34 heavy (non-hydrogen) atoms. The summed E-state index contributed by atoms with van der Waals surface area (Å²) in [4.78, 5) is 27.6. The third-order valence-corrected chi connectivity index (χ3v) is 7.36. The molecule has 1 aliphatic rings. The average molecular weight is 475 g/mol. The van der Waals surface area contributed by atoms with Gasteiger partial charge in [-0.25, -0.2) is 9.18 Å². The number of benzene rings is 3. The SMILES string of the molecule is COC(=O)c1ccc(CC2(C)Sc3c(F)cccc3N(Cc3ccc(C#N)cc3C)C2=O)cc1. The van der Waals surface area contributed by atoms with Gasteiger partial charge in [-0.3, -0.25) is 4.79 Å². The number of ether oxygens (including phenoxy) is 1. The number of carbonyl (C=O) groups excluding carboxylic acids is 2. The lowest BCUT2D eigenvalue weighted by Gasteiger charge is -2.40. The Morgan fingerprint density at radius 1 is 1.18 bits per heavy atom. The van der Waals surface area contributed by atoms with E-state index >= 15 is 0 Å². The summed E-state index contributed by atoms with van der Waals surface area (Å²) >= 11 is 1.23. The number of nitrogens with zero attached hydrogens (tertiary/aromatic N) is 2. The van der Waals surface area contributed by atoms with Crippen LogP contribution < -0.4 is 4.90 Å². The first-order chi connectivity index (χ1) is 16.3. The Labute approximate surface area is 202 Å². The van der Waals surface area contributed by atoms with Gasteiger partial charge in [0.1, 0.15) is 10.6 Å². The molecular weight excluding hydrogens is 451 g/mol. The second kappa shape index (κ2) is 9.32. The highest BCUT2D eigenvalue weighted by Gasteiger charge is 2.44. The maximum atomic E-state index is 14.9. The minimum absolute atomic E-state index is 0.128. The van der Waals surface area contributed by atoms with Gasteiger partial charge in [-0.1, -0.05) is 24.3 Å². The van der Waals surface area contributed by atoms with Gasteiger partial charge in [-0.2, -0.15) is 5.26 Å². The maximum absolute atomic E-state index is 14.9. The predicted octanol–water partition coefficient (Wildman–Crippen LogP) is 5.43. The molecule has 1 aliphatic heterocycles. The van der Waals surface area contributed by atoms with Gasteiger partial charge in [0.15, 0.2) is 0 Å². The van der Waals surface area contributed by atoms with E-state index in [1.807, 2.05) is 19.9 Å². The summed E-state index contributed by atoms with van der Waals surface area (Å²) in [6.45, 7) is 3.99.